The molecule has 1 unspecified atom stereocenters. The molecule has 0 radical (unpaired) electrons. The molecule has 4 rings (SSSR count). The maximum Gasteiger partial charge on any atom is 0.490 e. The highest BCUT2D eigenvalue weighted by Gasteiger charge is 2.48. The molecule has 2 aromatic heterocycles. The van der Waals surface area contributed by atoms with Crippen molar-refractivity contribution in [2.45, 2.75) is 45.6 Å². The number of carboxylic acids is 2. The van der Waals surface area contributed by atoms with E-state index in [-0.39, 0.29) is 11.3 Å². The van der Waals surface area contributed by atoms with Crippen LogP contribution in [-0.2, 0) is 20.9 Å². The number of carboxylic acid groups (broad SMARTS) is 2. The molecule has 0 saturated carbocycles. The number of aryl methyl sites for hydroxylation is 2. The normalized spacial score (nSPS) is 19.6. The molecule has 10 nitrogen and oxygen atoms in total. The first-order valence-corrected chi connectivity index (χ1v) is 10.9. The third-order valence-electron chi connectivity index (χ3n) is 5.81. The van der Waals surface area contributed by atoms with Gasteiger partial charge in [-0.15, -0.1) is 0 Å². The highest BCUT2D eigenvalue weighted by Crippen LogP contribution is 2.42. The minimum Gasteiger partial charge on any atom is -0.475 e. The summed E-state index contributed by atoms with van der Waals surface area (Å²) >= 11 is 0. The van der Waals surface area contributed by atoms with Crippen LogP contribution in [0.15, 0.2) is 28.9 Å². The van der Waals surface area contributed by atoms with Crippen LogP contribution < -0.4 is 4.90 Å². The molecule has 2 N–H and O–H groups in total. The van der Waals surface area contributed by atoms with E-state index in [4.69, 9.17) is 24.3 Å². The fourth-order valence-electron chi connectivity index (χ4n) is 4.01. The molecule has 2 saturated heterocycles. The van der Waals surface area contributed by atoms with Gasteiger partial charge in [-0.05, 0) is 38.9 Å². The monoisotopic (exact) mass is 554 g/mol. The lowest BCUT2D eigenvalue weighted by Gasteiger charge is -2.24. The number of alkyl halides is 6. The minimum atomic E-state index is -5.08. The van der Waals surface area contributed by atoms with Gasteiger partial charge in [0.15, 0.2) is 0 Å². The van der Waals surface area contributed by atoms with Crippen molar-refractivity contribution in [3.63, 3.8) is 0 Å². The Hall–Kier alpha value is -3.69. The Morgan fingerprint density at radius 1 is 1.05 bits per heavy atom. The number of carbonyl (C=O) groups is 3. The zero-order valence-corrected chi connectivity index (χ0v) is 20.1. The number of pyridine rings is 1. The predicted octanol–water partition coefficient (Wildman–Crippen LogP) is 3.58. The Labute approximate surface area is 211 Å². The standard InChI is InChI=1S/C18H22N4O2.2C2HF3O2/c1-13-15(14(2)24-20-13)10-21-8-6-18(11-21)9-17(23)22(12-18)16-5-3-4-7-19-16;2*3-2(4,5)1(6)7/h3-5,7H,6,8-12H2,1-2H3;2*(H,6,7). The summed E-state index contributed by atoms with van der Waals surface area (Å²) in [6.07, 6.45) is -6.76. The van der Waals surface area contributed by atoms with Gasteiger partial charge in [0.1, 0.15) is 11.6 Å². The number of nitrogens with zero attached hydrogens (tertiary/aromatic N) is 4. The van der Waals surface area contributed by atoms with Crippen molar-refractivity contribution in [2.75, 3.05) is 24.5 Å². The highest BCUT2D eigenvalue weighted by molar-refractivity contribution is 5.95. The third kappa shape index (κ3) is 8.16. The van der Waals surface area contributed by atoms with Crippen molar-refractivity contribution in [3.05, 3.63) is 41.4 Å². The number of aromatic nitrogens is 2. The molecule has 1 spiro atoms. The largest absolute Gasteiger partial charge is 0.490 e. The first kappa shape index (κ1) is 30.5. The van der Waals surface area contributed by atoms with E-state index in [1.165, 1.54) is 5.56 Å². The van der Waals surface area contributed by atoms with Gasteiger partial charge in [0.2, 0.25) is 5.91 Å². The average molecular weight is 554 g/mol. The van der Waals surface area contributed by atoms with Crippen LogP contribution in [0.1, 0.15) is 29.9 Å². The van der Waals surface area contributed by atoms with Crippen molar-refractivity contribution in [2.24, 2.45) is 5.41 Å². The Balaban J connectivity index is 0.000000301. The van der Waals surface area contributed by atoms with Gasteiger partial charge in [-0.3, -0.25) is 14.6 Å². The van der Waals surface area contributed by atoms with E-state index < -0.39 is 24.3 Å². The molecule has 38 heavy (non-hydrogen) atoms. The van der Waals surface area contributed by atoms with Gasteiger partial charge in [0.25, 0.3) is 0 Å². The zero-order chi connectivity index (χ0) is 28.9. The van der Waals surface area contributed by atoms with Crippen LogP contribution in [0.5, 0.6) is 0 Å². The van der Waals surface area contributed by atoms with E-state index in [0.717, 1.165) is 49.9 Å². The summed E-state index contributed by atoms with van der Waals surface area (Å²) in [5, 5.41) is 18.3. The first-order chi connectivity index (χ1) is 17.4. The molecule has 16 heteroatoms. The third-order valence-corrected chi connectivity index (χ3v) is 5.81. The smallest absolute Gasteiger partial charge is 0.475 e. The molecule has 4 heterocycles. The summed E-state index contributed by atoms with van der Waals surface area (Å²) in [7, 11) is 0. The average Bonchev–Trinajstić information content (AvgIpc) is 3.46. The summed E-state index contributed by atoms with van der Waals surface area (Å²) in [6, 6.07) is 5.72. The molecule has 1 amide bonds. The van der Waals surface area contributed by atoms with Crippen LogP contribution in [0.3, 0.4) is 0 Å². The Morgan fingerprint density at radius 3 is 2.08 bits per heavy atom. The topological polar surface area (TPSA) is 137 Å². The molecular weight excluding hydrogens is 530 g/mol. The summed E-state index contributed by atoms with van der Waals surface area (Å²) in [5.41, 5.74) is 2.19. The van der Waals surface area contributed by atoms with Crippen LogP contribution >= 0.6 is 0 Å². The fraction of sp³-hybridized carbons (Fsp3) is 0.500. The summed E-state index contributed by atoms with van der Waals surface area (Å²) in [6.45, 7) is 7.50. The lowest BCUT2D eigenvalue weighted by molar-refractivity contribution is -0.193. The number of hydrogen-bond acceptors (Lipinski definition) is 7. The van der Waals surface area contributed by atoms with E-state index >= 15 is 0 Å². The van der Waals surface area contributed by atoms with E-state index in [2.05, 4.69) is 15.0 Å². The van der Waals surface area contributed by atoms with Crippen molar-refractivity contribution >= 4 is 23.7 Å². The van der Waals surface area contributed by atoms with Gasteiger partial charge >= 0.3 is 24.3 Å². The van der Waals surface area contributed by atoms with E-state index in [0.29, 0.717) is 6.42 Å². The number of rotatable bonds is 3. The predicted molar refractivity (Wildman–Crippen MR) is 117 cm³/mol. The van der Waals surface area contributed by atoms with Crippen LogP contribution in [0.4, 0.5) is 32.2 Å². The van der Waals surface area contributed by atoms with E-state index in [9.17, 15) is 31.1 Å². The highest BCUT2D eigenvalue weighted by atomic mass is 19.4. The van der Waals surface area contributed by atoms with E-state index in [1.54, 1.807) is 6.20 Å². The van der Waals surface area contributed by atoms with Gasteiger partial charge < -0.3 is 14.7 Å². The number of amides is 1. The van der Waals surface area contributed by atoms with Gasteiger partial charge in [-0.2, -0.15) is 26.3 Å². The second-order valence-electron chi connectivity index (χ2n) is 8.71. The molecule has 210 valence electrons. The number of aliphatic carboxylic acids is 2. The van der Waals surface area contributed by atoms with Gasteiger partial charge in [0.05, 0.1) is 5.69 Å². The lowest BCUT2D eigenvalue weighted by Crippen LogP contribution is -2.31. The van der Waals surface area contributed by atoms with Crippen LogP contribution in [0.2, 0.25) is 0 Å². The molecule has 0 bridgehead atoms. The second-order valence-corrected chi connectivity index (χ2v) is 8.71. The number of carbonyl (C=O) groups excluding carboxylic acids is 1. The van der Waals surface area contributed by atoms with Gasteiger partial charge in [-0.25, -0.2) is 14.6 Å². The quantitative estimate of drug-likeness (QED) is 0.546. The first-order valence-electron chi connectivity index (χ1n) is 10.9. The van der Waals surface area contributed by atoms with Crippen LogP contribution in [0.25, 0.3) is 0 Å². The summed E-state index contributed by atoms with van der Waals surface area (Å²) in [5.74, 6) is -3.66. The molecule has 2 aliphatic heterocycles. The summed E-state index contributed by atoms with van der Waals surface area (Å²) in [4.78, 5) is 38.9. The van der Waals surface area contributed by atoms with Gasteiger partial charge in [0, 0.05) is 43.2 Å². The summed E-state index contributed by atoms with van der Waals surface area (Å²) < 4.78 is 68.7. The Kier molecular flexibility index (Phi) is 9.47. The molecule has 0 aliphatic carbocycles. The van der Waals surface area contributed by atoms with Crippen molar-refractivity contribution < 1.29 is 55.5 Å². The number of hydrogen-bond donors (Lipinski definition) is 2. The van der Waals surface area contributed by atoms with E-state index in [1.807, 2.05) is 36.9 Å². The lowest BCUT2D eigenvalue weighted by atomic mass is 9.86. The van der Waals surface area contributed by atoms with Crippen LogP contribution in [0, 0.1) is 19.3 Å². The Bertz CT molecular complexity index is 1090. The fourth-order valence-corrected chi connectivity index (χ4v) is 4.01. The molecule has 0 aromatic carbocycles. The van der Waals surface area contributed by atoms with Crippen molar-refractivity contribution in [1.82, 2.24) is 15.0 Å². The molecule has 1 atom stereocenters. The molecule has 2 aliphatic rings. The Morgan fingerprint density at radius 2 is 1.63 bits per heavy atom. The number of halogens is 6. The number of anilines is 1. The molecule has 2 fully saturated rings. The number of likely N-dealkylation sites (tertiary alicyclic amines) is 1. The second kappa shape index (κ2) is 11.8. The molecular formula is C22H24F6N4O6. The maximum atomic E-state index is 12.5. The maximum absolute atomic E-state index is 12.5. The molecule has 2 aromatic rings. The van der Waals surface area contributed by atoms with Crippen LogP contribution in [-0.4, -0.2) is 75.1 Å². The van der Waals surface area contributed by atoms with Crippen molar-refractivity contribution in [3.8, 4) is 0 Å². The zero-order valence-electron chi connectivity index (χ0n) is 20.1. The van der Waals surface area contributed by atoms with Crippen molar-refractivity contribution in [1.29, 1.82) is 0 Å². The minimum absolute atomic E-state index is 0.0492. The SMILES string of the molecule is Cc1noc(C)c1CN1CCC2(CC(=O)N(c3ccccn3)C2)C1.O=C(O)C(F)(F)F.O=C(O)C(F)(F)F. The van der Waals surface area contributed by atoms with Gasteiger partial charge in [-0.1, -0.05) is 11.2 Å².